The molecule has 0 aromatic carbocycles. The molecule has 110 valence electrons. The van der Waals surface area contributed by atoms with E-state index in [0.717, 1.165) is 25.9 Å². The van der Waals surface area contributed by atoms with Crippen molar-refractivity contribution in [3.8, 4) is 0 Å². The van der Waals surface area contributed by atoms with Gasteiger partial charge in [-0.2, -0.15) is 5.10 Å². The van der Waals surface area contributed by atoms with Crippen molar-refractivity contribution in [2.75, 3.05) is 20.1 Å². The van der Waals surface area contributed by atoms with Gasteiger partial charge >= 0.3 is 5.97 Å². The Kier molecular flexibility index (Phi) is 4.73. The fraction of sp³-hybridized carbons (Fsp3) is 0.615. The first-order valence-electron chi connectivity index (χ1n) is 6.79. The standard InChI is InChI=1S/C13H20N4O3/c1-16-6-2-10(3-7-16)14-13(20)11-4-8-17(15-11)9-5-12(18)19/h4,8,10H,2-3,5-7,9H2,1H3,(H,14,20)(H,18,19). The van der Waals surface area contributed by atoms with Gasteiger partial charge in [-0.1, -0.05) is 0 Å². The molecule has 2 rings (SSSR count). The van der Waals surface area contributed by atoms with Crippen LogP contribution < -0.4 is 5.32 Å². The summed E-state index contributed by atoms with van der Waals surface area (Å²) in [6, 6.07) is 1.81. The van der Waals surface area contributed by atoms with E-state index in [1.54, 1.807) is 12.3 Å². The number of carbonyl (C=O) groups excluding carboxylic acids is 1. The quantitative estimate of drug-likeness (QED) is 0.803. The molecule has 7 heteroatoms. The van der Waals surface area contributed by atoms with Gasteiger partial charge < -0.3 is 15.3 Å². The Hall–Kier alpha value is -1.89. The summed E-state index contributed by atoms with van der Waals surface area (Å²) < 4.78 is 1.48. The molecule has 1 aromatic rings. The third-order valence-electron chi connectivity index (χ3n) is 3.48. The van der Waals surface area contributed by atoms with Crippen LogP contribution in [0.5, 0.6) is 0 Å². The molecule has 1 saturated heterocycles. The van der Waals surface area contributed by atoms with Gasteiger partial charge in [0.1, 0.15) is 5.69 Å². The van der Waals surface area contributed by atoms with Crippen LogP contribution in [0.15, 0.2) is 12.3 Å². The van der Waals surface area contributed by atoms with E-state index in [1.807, 2.05) is 0 Å². The first-order chi connectivity index (χ1) is 9.54. The molecule has 1 aliphatic heterocycles. The second-order valence-electron chi connectivity index (χ2n) is 5.16. The SMILES string of the molecule is CN1CCC(NC(=O)c2ccn(CCC(=O)O)n2)CC1. The lowest BCUT2D eigenvalue weighted by molar-refractivity contribution is -0.137. The molecule has 1 aromatic heterocycles. The van der Waals surface area contributed by atoms with Crippen molar-refractivity contribution in [3.63, 3.8) is 0 Å². The molecule has 0 spiro atoms. The maximum absolute atomic E-state index is 12.0. The van der Waals surface area contributed by atoms with E-state index >= 15 is 0 Å². The molecule has 0 aliphatic carbocycles. The summed E-state index contributed by atoms with van der Waals surface area (Å²) in [5, 5.41) is 15.7. The van der Waals surface area contributed by atoms with Crippen molar-refractivity contribution in [1.82, 2.24) is 20.0 Å². The fourth-order valence-electron chi connectivity index (χ4n) is 2.23. The topological polar surface area (TPSA) is 87.5 Å². The van der Waals surface area contributed by atoms with E-state index in [2.05, 4.69) is 22.4 Å². The Morgan fingerprint density at radius 2 is 2.15 bits per heavy atom. The van der Waals surface area contributed by atoms with Crippen LogP contribution in [0.25, 0.3) is 0 Å². The monoisotopic (exact) mass is 280 g/mol. The summed E-state index contributed by atoms with van der Waals surface area (Å²) in [5.74, 6) is -1.06. The predicted molar refractivity (Wildman–Crippen MR) is 72.5 cm³/mol. The minimum Gasteiger partial charge on any atom is -0.481 e. The minimum absolute atomic E-state index is 0.00228. The van der Waals surface area contributed by atoms with Gasteiger partial charge in [-0.15, -0.1) is 0 Å². The normalized spacial score (nSPS) is 17.1. The molecule has 0 unspecified atom stereocenters. The van der Waals surface area contributed by atoms with E-state index in [0.29, 0.717) is 5.69 Å². The van der Waals surface area contributed by atoms with Gasteiger partial charge in [-0.3, -0.25) is 14.3 Å². The lowest BCUT2D eigenvalue weighted by Gasteiger charge is -2.29. The molecule has 0 radical (unpaired) electrons. The number of nitrogens with zero attached hydrogens (tertiary/aromatic N) is 3. The molecule has 1 fully saturated rings. The Morgan fingerprint density at radius 1 is 1.45 bits per heavy atom. The smallest absolute Gasteiger partial charge is 0.305 e. The molecule has 7 nitrogen and oxygen atoms in total. The van der Waals surface area contributed by atoms with Crippen LogP contribution in [0, 0.1) is 0 Å². The van der Waals surface area contributed by atoms with Crippen molar-refractivity contribution in [1.29, 1.82) is 0 Å². The zero-order valence-corrected chi connectivity index (χ0v) is 11.6. The van der Waals surface area contributed by atoms with Crippen LogP contribution in [-0.4, -0.2) is 57.8 Å². The van der Waals surface area contributed by atoms with E-state index in [-0.39, 0.29) is 24.9 Å². The number of likely N-dealkylation sites (tertiary alicyclic amines) is 1. The predicted octanol–water partition coefficient (Wildman–Crippen LogP) is 0.182. The Morgan fingerprint density at radius 3 is 2.80 bits per heavy atom. The van der Waals surface area contributed by atoms with Crippen molar-refractivity contribution >= 4 is 11.9 Å². The Balaban J connectivity index is 1.84. The highest BCUT2D eigenvalue weighted by atomic mass is 16.4. The van der Waals surface area contributed by atoms with Crippen molar-refractivity contribution < 1.29 is 14.7 Å². The first kappa shape index (κ1) is 14.5. The summed E-state index contributed by atoms with van der Waals surface area (Å²) in [5.41, 5.74) is 0.342. The van der Waals surface area contributed by atoms with Crippen LogP contribution in [0.2, 0.25) is 0 Å². The molecule has 2 heterocycles. The molecule has 0 bridgehead atoms. The molecule has 2 N–H and O–H groups in total. The van der Waals surface area contributed by atoms with E-state index < -0.39 is 5.97 Å². The van der Waals surface area contributed by atoms with E-state index in [1.165, 1.54) is 4.68 Å². The number of aromatic nitrogens is 2. The first-order valence-corrected chi connectivity index (χ1v) is 6.79. The number of hydrogen-bond acceptors (Lipinski definition) is 4. The second kappa shape index (κ2) is 6.51. The van der Waals surface area contributed by atoms with E-state index in [9.17, 15) is 9.59 Å². The third kappa shape index (κ3) is 4.06. The van der Waals surface area contributed by atoms with Crippen LogP contribution in [0.4, 0.5) is 0 Å². The average Bonchev–Trinajstić information content (AvgIpc) is 2.88. The number of amides is 1. The molecule has 0 saturated carbocycles. The van der Waals surface area contributed by atoms with Gasteiger partial charge in [-0.05, 0) is 39.0 Å². The summed E-state index contributed by atoms with van der Waals surface area (Å²) in [6.45, 7) is 2.24. The summed E-state index contributed by atoms with van der Waals surface area (Å²) >= 11 is 0. The summed E-state index contributed by atoms with van der Waals surface area (Å²) in [6.07, 6.45) is 3.52. The Labute approximate surface area is 117 Å². The molecule has 0 atom stereocenters. The zero-order chi connectivity index (χ0) is 14.5. The van der Waals surface area contributed by atoms with Gasteiger partial charge in [-0.25, -0.2) is 0 Å². The number of piperidine rings is 1. The highest BCUT2D eigenvalue weighted by Gasteiger charge is 2.20. The van der Waals surface area contributed by atoms with Crippen LogP contribution in [0.3, 0.4) is 0 Å². The lowest BCUT2D eigenvalue weighted by Crippen LogP contribution is -2.43. The third-order valence-corrected chi connectivity index (χ3v) is 3.48. The highest BCUT2D eigenvalue weighted by Crippen LogP contribution is 2.09. The number of nitrogens with one attached hydrogen (secondary N) is 1. The molecule has 20 heavy (non-hydrogen) atoms. The largest absolute Gasteiger partial charge is 0.481 e. The number of aliphatic carboxylic acids is 1. The highest BCUT2D eigenvalue weighted by molar-refractivity contribution is 5.92. The molecule has 1 amide bonds. The number of carboxylic acids is 1. The van der Waals surface area contributed by atoms with Crippen LogP contribution in [0.1, 0.15) is 29.8 Å². The summed E-state index contributed by atoms with van der Waals surface area (Å²) in [7, 11) is 2.07. The van der Waals surface area contributed by atoms with Gasteiger partial charge in [0.05, 0.1) is 13.0 Å². The molecule has 1 aliphatic rings. The molecular weight excluding hydrogens is 260 g/mol. The number of rotatable bonds is 5. The Bertz CT molecular complexity index is 478. The maximum atomic E-state index is 12.0. The van der Waals surface area contributed by atoms with Gasteiger partial charge in [0.2, 0.25) is 0 Å². The van der Waals surface area contributed by atoms with Crippen molar-refractivity contribution in [3.05, 3.63) is 18.0 Å². The van der Waals surface area contributed by atoms with Gasteiger partial charge in [0, 0.05) is 12.2 Å². The van der Waals surface area contributed by atoms with Crippen LogP contribution in [-0.2, 0) is 11.3 Å². The number of hydrogen-bond donors (Lipinski definition) is 2. The number of carbonyl (C=O) groups is 2. The minimum atomic E-state index is -0.877. The maximum Gasteiger partial charge on any atom is 0.305 e. The fourth-order valence-corrected chi connectivity index (χ4v) is 2.23. The second-order valence-corrected chi connectivity index (χ2v) is 5.16. The molecular formula is C13H20N4O3. The average molecular weight is 280 g/mol. The van der Waals surface area contributed by atoms with Gasteiger partial charge in [0.15, 0.2) is 0 Å². The zero-order valence-electron chi connectivity index (χ0n) is 11.6. The van der Waals surface area contributed by atoms with Crippen molar-refractivity contribution in [2.24, 2.45) is 0 Å². The summed E-state index contributed by atoms with van der Waals surface area (Å²) in [4.78, 5) is 24.7. The van der Waals surface area contributed by atoms with Crippen molar-refractivity contribution in [2.45, 2.75) is 31.8 Å². The lowest BCUT2D eigenvalue weighted by atomic mass is 10.1. The van der Waals surface area contributed by atoms with E-state index in [4.69, 9.17) is 5.11 Å². The van der Waals surface area contributed by atoms with Crippen LogP contribution >= 0.6 is 0 Å². The van der Waals surface area contributed by atoms with Gasteiger partial charge in [0.25, 0.3) is 5.91 Å². The number of aryl methyl sites for hydroxylation is 1. The number of carboxylic acid groups (broad SMARTS) is 1.